The normalized spacial score (nSPS) is 15.5. The topological polar surface area (TPSA) is 89.8 Å². The fourth-order valence-electron chi connectivity index (χ4n) is 5.75. The van der Waals surface area contributed by atoms with E-state index in [2.05, 4.69) is 49.1 Å². The predicted molar refractivity (Wildman–Crippen MR) is 171 cm³/mol. The van der Waals surface area contributed by atoms with Crippen LogP contribution in [0.3, 0.4) is 0 Å². The molecule has 2 fully saturated rings. The summed E-state index contributed by atoms with van der Waals surface area (Å²) < 4.78 is 32.7. The second-order valence-electron chi connectivity index (χ2n) is 11.1. The fourth-order valence-corrected chi connectivity index (χ4v) is 6.50. The number of nitrogens with one attached hydrogen (secondary N) is 1. The van der Waals surface area contributed by atoms with Crippen LogP contribution in [0.4, 0.5) is 20.9 Å². The van der Waals surface area contributed by atoms with Crippen LogP contribution < -0.4 is 24.4 Å². The summed E-state index contributed by atoms with van der Waals surface area (Å²) in [5.74, 6) is 2.24. The molecule has 2 aromatic heterocycles. The van der Waals surface area contributed by atoms with Gasteiger partial charge in [0.2, 0.25) is 10.9 Å². The van der Waals surface area contributed by atoms with Gasteiger partial charge in [0.05, 0.1) is 43.7 Å². The van der Waals surface area contributed by atoms with Gasteiger partial charge >= 0.3 is 0 Å². The van der Waals surface area contributed by atoms with Gasteiger partial charge in [0.15, 0.2) is 11.5 Å². The Morgan fingerprint density at radius 2 is 1.57 bits per heavy atom. The molecule has 1 aliphatic carbocycles. The number of methoxy groups -OCH3 is 3. The van der Waals surface area contributed by atoms with Crippen molar-refractivity contribution in [3.63, 3.8) is 0 Å². The van der Waals surface area contributed by atoms with E-state index in [0.29, 0.717) is 33.4 Å². The summed E-state index contributed by atoms with van der Waals surface area (Å²) in [5, 5.41) is 13.9. The highest BCUT2D eigenvalue weighted by Gasteiger charge is 2.30. The summed E-state index contributed by atoms with van der Waals surface area (Å²) >= 11 is 1.44. The van der Waals surface area contributed by atoms with Gasteiger partial charge in [-0.1, -0.05) is 11.3 Å². The lowest BCUT2D eigenvalue weighted by Crippen LogP contribution is -2.44. The number of rotatable bonds is 9. The summed E-state index contributed by atoms with van der Waals surface area (Å²) in [7, 11) is 6.92. The van der Waals surface area contributed by atoms with Crippen molar-refractivity contribution in [3.8, 4) is 39.2 Å². The zero-order chi connectivity index (χ0) is 30.4. The van der Waals surface area contributed by atoms with Crippen molar-refractivity contribution in [3.05, 3.63) is 54.3 Å². The molecule has 10 nitrogen and oxygen atoms in total. The lowest BCUT2D eigenvalue weighted by Gasteiger charge is -2.35. The number of nitrogens with zero attached hydrogens (tertiary/aromatic N) is 6. The maximum absolute atomic E-state index is 13.8. The molecule has 3 aromatic carbocycles. The number of anilines is 3. The molecule has 1 saturated heterocycles. The quantitative estimate of drug-likeness (QED) is 0.208. The minimum absolute atomic E-state index is 0.255. The van der Waals surface area contributed by atoms with E-state index in [-0.39, 0.29) is 5.82 Å². The Hall–Kier alpha value is -4.42. The number of halogens is 1. The van der Waals surface area contributed by atoms with E-state index in [1.54, 1.807) is 21.3 Å². The van der Waals surface area contributed by atoms with E-state index < -0.39 is 0 Å². The van der Waals surface area contributed by atoms with Gasteiger partial charge in [-0.3, -0.25) is 0 Å². The summed E-state index contributed by atoms with van der Waals surface area (Å²) in [6, 6.07) is 15.1. The molecule has 1 aliphatic heterocycles. The van der Waals surface area contributed by atoms with Gasteiger partial charge in [0.1, 0.15) is 16.6 Å². The molecule has 12 heteroatoms. The average Bonchev–Trinajstić information content (AvgIpc) is 3.66. The summed E-state index contributed by atoms with van der Waals surface area (Å²) in [4.78, 5) is 9.85. The first-order valence-electron chi connectivity index (χ1n) is 14.6. The molecule has 0 amide bonds. The summed E-state index contributed by atoms with van der Waals surface area (Å²) in [6.45, 7) is 3.77. The minimum Gasteiger partial charge on any atom is -0.493 e. The van der Waals surface area contributed by atoms with Gasteiger partial charge < -0.3 is 33.9 Å². The van der Waals surface area contributed by atoms with Crippen LogP contribution in [0.5, 0.6) is 17.2 Å². The average molecular weight is 616 g/mol. The Morgan fingerprint density at radius 3 is 2.20 bits per heavy atom. The van der Waals surface area contributed by atoms with Crippen LogP contribution in [0.15, 0.2) is 48.5 Å². The number of ether oxygens (including phenoxy) is 3. The number of hydrogen-bond acceptors (Lipinski definition) is 10. The first-order chi connectivity index (χ1) is 21.4. The monoisotopic (exact) mass is 615 g/mol. The van der Waals surface area contributed by atoms with Crippen LogP contribution in [0.25, 0.3) is 33.0 Å². The van der Waals surface area contributed by atoms with Crippen molar-refractivity contribution in [1.82, 2.24) is 24.6 Å². The second-order valence-corrected chi connectivity index (χ2v) is 12.1. The van der Waals surface area contributed by atoms with Crippen LogP contribution in [0, 0.1) is 5.82 Å². The molecule has 0 spiro atoms. The molecular formula is C32H34FN7O3S. The lowest BCUT2D eigenvalue weighted by molar-refractivity contribution is 0.313. The van der Waals surface area contributed by atoms with E-state index in [1.165, 1.54) is 23.5 Å². The number of benzene rings is 3. The number of likely N-dealkylation sites (N-methyl/N-ethyl adjacent to an activating group) is 1. The fraction of sp³-hybridized carbons (Fsp3) is 0.344. The van der Waals surface area contributed by atoms with Gasteiger partial charge in [-0.05, 0) is 68.4 Å². The Bertz CT molecular complexity index is 1790. The van der Waals surface area contributed by atoms with Gasteiger partial charge in [-0.15, -0.1) is 10.2 Å². The molecule has 0 unspecified atom stereocenters. The van der Waals surface area contributed by atoms with Crippen molar-refractivity contribution >= 4 is 38.9 Å². The number of imidazole rings is 1. The molecule has 228 valence electrons. The zero-order valence-corrected chi connectivity index (χ0v) is 25.9. The minimum atomic E-state index is -0.255. The van der Waals surface area contributed by atoms with Crippen molar-refractivity contribution in [1.29, 1.82) is 0 Å². The maximum atomic E-state index is 13.8. The third-order valence-electron chi connectivity index (χ3n) is 8.24. The molecule has 0 radical (unpaired) electrons. The SMILES string of the molecule is COc1cc(-c2nnc(Nc3cc4nc(-c5ccc(F)cc5)n(C5CC5)c4cc3N3CCN(C)CC3)s2)cc(OC)c1OC. The number of hydrogen-bond donors (Lipinski definition) is 1. The highest BCUT2D eigenvalue weighted by atomic mass is 32.1. The lowest BCUT2D eigenvalue weighted by atomic mass is 10.2. The van der Waals surface area contributed by atoms with Crippen molar-refractivity contribution < 1.29 is 18.6 Å². The van der Waals surface area contributed by atoms with E-state index in [1.807, 2.05) is 24.3 Å². The molecule has 5 aromatic rings. The van der Waals surface area contributed by atoms with Crippen molar-refractivity contribution in [2.24, 2.45) is 0 Å². The summed E-state index contributed by atoms with van der Waals surface area (Å²) in [6.07, 6.45) is 2.22. The number of fused-ring (bicyclic) bond motifs is 1. The van der Waals surface area contributed by atoms with Crippen LogP contribution in [0.2, 0.25) is 0 Å². The maximum Gasteiger partial charge on any atom is 0.210 e. The third kappa shape index (κ3) is 5.28. The molecule has 7 rings (SSSR count). The predicted octanol–water partition coefficient (Wildman–Crippen LogP) is 6.22. The van der Waals surface area contributed by atoms with E-state index in [4.69, 9.17) is 19.2 Å². The van der Waals surface area contributed by atoms with Gasteiger partial charge in [0.25, 0.3) is 0 Å². The molecule has 1 saturated carbocycles. The van der Waals surface area contributed by atoms with E-state index in [0.717, 1.165) is 78.4 Å². The Kier molecular flexibility index (Phi) is 7.47. The van der Waals surface area contributed by atoms with E-state index >= 15 is 0 Å². The van der Waals surface area contributed by atoms with Gasteiger partial charge in [0, 0.05) is 43.3 Å². The second kappa shape index (κ2) is 11.6. The molecule has 44 heavy (non-hydrogen) atoms. The smallest absolute Gasteiger partial charge is 0.210 e. The molecule has 3 heterocycles. The molecule has 0 bridgehead atoms. The van der Waals surface area contributed by atoms with Crippen LogP contribution in [0.1, 0.15) is 18.9 Å². The molecule has 1 N–H and O–H groups in total. The molecular weight excluding hydrogens is 581 g/mol. The number of piperazine rings is 1. The van der Waals surface area contributed by atoms with Gasteiger partial charge in [-0.2, -0.15) is 0 Å². The number of aromatic nitrogens is 4. The third-order valence-corrected chi connectivity index (χ3v) is 9.13. The van der Waals surface area contributed by atoms with Crippen molar-refractivity contribution in [2.75, 3.05) is 64.8 Å². The van der Waals surface area contributed by atoms with Crippen LogP contribution >= 0.6 is 11.3 Å². The first kappa shape index (κ1) is 28.4. The van der Waals surface area contributed by atoms with E-state index in [9.17, 15) is 4.39 Å². The zero-order valence-electron chi connectivity index (χ0n) is 25.1. The van der Waals surface area contributed by atoms with Crippen molar-refractivity contribution in [2.45, 2.75) is 18.9 Å². The van der Waals surface area contributed by atoms with Crippen LogP contribution in [-0.2, 0) is 0 Å². The summed E-state index contributed by atoms with van der Waals surface area (Å²) in [5.41, 5.74) is 5.70. The Balaban J connectivity index is 1.29. The first-order valence-corrected chi connectivity index (χ1v) is 15.4. The molecule has 2 aliphatic rings. The largest absolute Gasteiger partial charge is 0.493 e. The van der Waals surface area contributed by atoms with Crippen LogP contribution in [-0.4, -0.2) is 79.2 Å². The highest BCUT2D eigenvalue weighted by Crippen LogP contribution is 2.45. The molecule has 0 atom stereocenters. The van der Waals surface area contributed by atoms with Gasteiger partial charge in [-0.25, -0.2) is 9.37 Å². The Morgan fingerprint density at radius 1 is 0.864 bits per heavy atom. The highest BCUT2D eigenvalue weighted by molar-refractivity contribution is 7.18. The Labute approximate surface area is 259 Å². The standard InChI is InChI=1S/C32H34FN7O3S/c1-38-11-13-39(14-12-38)25-18-26-24(34-30(40(26)22-9-10-22)19-5-7-21(33)8-6-19)17-23(25)35-32-37-36-31(44-32)20-15-27(41-2)29(43-4)28(16-20)42-3/h5-8,15-18,22H,9-14H2,1-4H3,(H,35,37).